The lowest BCUT2D eigenvalue weighted by atomic mass is 10.4. The lowest BCUT2D eigenvalue weighted by Crippen LogP contribution is -2.27. The quantitative estimate of drug-likeness (QED) is 0.803. The number of rotatable bonds is 3. The Kier molecular flexibility index (Phi) is 3.85. The minimum atomic E-state index is -5.55. The van der Waals surface area contributed by atoms with Gasteiger partial charge in [-0.2, -0.15) is 21.6 Å². The van der Waals surface area contributed by atoms with E-state index in [2.05, 4.69) is 3.63 Å². The van der Waals surface area contributed by atoms with Crippen molar-refractivity contribution >= 4 is 20.4 Å². The summed E-state index contributed by atoms with van der Waals surface area (Å²) in [6.07, 6.45) is 1.36. The minimum absolute atomic E-state index is 0.353. The molecule has 1 aliphatic heterocycles. The van der Waals surface area contributed by atoms with Crippen molar-refractivity contribution < 1.29 is 25.2 Å². The summed E-state index contributed by atoms with van der Waals surface area (Å²) in [5.74, 6) is 0.707. The van der Waals surface area contributed by atoms with Crippen LogP contribution in [-0.2, 0) is 13.7 Å². The van der Waals surface area contributed by atoms with Crippen LogP contribution >= 0.6 is 10.3 Å². The molecule has 1 aromatic carbocycles. The zero-order chi connectivity index (χ0) is 14.1. The molecule has 1 fully saturated rings. The molecule has 1 aromatic rings. The first kappa shape index (κ1) is 14.7. The summed E-state index contributed by atoms with van der Waals surface area (Å²) in [4.78, 5) is 0.556. The van der Waals surface area contributed by atoms with Crippen LogP contribution in [0.2, 0.25) is 0 Å². The lowest BCUT2D eigenvalue weighted by molar-refractivity contribution is -0.0496. The van der Waals surface area contributed by atoms with E-state index in [1.165, 1.54) is 0 Å². The maximum absolute atomic E-state index is 12.5. The molecule has 1 saturated heterocycles. The van der Waals surface area contributed by atoms with Crippen molar-refractivity contribution in [1.82, 2.24) is 0 Å². The standard InChI is InChI=1S/C11H13F3O3S2/c12-11(13,14)19(15,16)17-18(8-4-5-9-18)10-6-2-1-3-7-10/h1-3,6-7H,4-5,8-9H2. The van der Waals surface area contributed by atoms with Gasteiger partial charge in [-0.15, -0.1) is 0 Å². The third kappa shape index (κ3) is 2.90. The first-order valence-corrected chi connectivity index (χ1v) is 8.93. The smallest absolute Gasteiger partial charge is 0.209 e. The third-order valence-corrected chi connectivity index (χ3v) is 8.23. The second-order valence-electron chi connectivity index (χ2n) is 4.21. The van der Waals surface area contributed by atoms with Gasteiger partial charge in [0.1, 0.15) is 0 Å². The molecule has 3 nitrogen and oxygen atoms in total. The molecule has 0 bridgehead atoms. The normalized spacial score (nSPS) is 21.2. The molecule has 0 saturated carbocycles. The van der Waals surface area contributed by atoms with Crippen LogP contribution in [0, 0.1) is 0 Å². The van der Waals surface area contributed by atoms with Crippen LogP contribution in [0.25, 0.3) is 0 Å². The van der Waals surface area contributed by atoms with E-state index in [0.717, 1.165) is 0 Å². The van der Waals surface area contributed by atoms with E-state index in [0.29, 0.717) is 29.2 Å². The van der Waals surface area contributed by atoms with Crippen molar-refractivity contribution in [2.75, 3.05) is 11.5 Å². The van der Waals surface area contributed by atoms with Gasteiger partial charge in [0.15, 0.2) is 0 Å². The van der Waals surface area contributed by atoms with Crippen molar-refractivity contribution in [2.24, 2.45) is 0 Å². The lowest BCUT2D eigenvalue weighted by Gasteiger charge is -2.34. The molecule has 8 heteroatoms. The van der Waals surface area contributed by atoms with Crippen LogP contribution in [0.5, 0.6) is 0 Å². The predicted octanol–water partition coefficient (Wildman–Crippen LogP) is 3.43. The van der Waals surface area contributed by atoms with Gasteiger partial charge in [0.2, 0.25) is 0 Å². The second kappa shape index (κ2) is 4.99. The van der Waals surface area contributed by atoms with Crippen molar-refractivity contribution in [3.8, 4) is 0 Å². The van der Waals surface area contributed by atoms with Gasteiger partial charge in [-0.25, -0.2) is 3.63 Å². The summed E-state index contributed by atoms with van der Waals surface area (Å²) in [7, 11) is -7.94. The van der Waals surface area contributed by atoms with Crippen LogP contribution in [0.3, 0.4) is 0 Å². The maximum Gasteiger partial charge on any atom is 0.523 e. The van der Waals surface area contributed by atoms with Gasteiger partial charge >= 0.3 is 15.6 Å². The number of halogens is 3. The number of benzene rings is 1. The highest BCUT2D eigenvalue weighted by Gasteiger charge is 2.51. The number of alkyl halides is 3. The van der Waals surface area contributed by atoms with Crippen LogP contribution in [-0.4, -0.2) is 25.4 Å². The summed E-state index contributed by atoms with van der Waals surface area (Å²) in [6.45, 7) is 0. The molecule has 1 heterocycles. The summed E-state index contributed by atoms with van der Waals surface area (Å²) >= 11 is 0. The Hall–Kier alpha value is -0.730. The maximum atomic E-state index is 12.5. The van der Waals surface area contributed by atoms with Gasteiger partial charge in [0, 0.05) is 16.4 Å². The largest absolute Gasteiger partial charge is 0.523 e. The fourth-order valence-electron chi connectivity index (χ4n) is 1.99. The molecule has 0 atom stereocenters. The van der Waals surface area contributed by atoms with E-state index in [-0.39, 0.29) is 0 Å². The Bertz CT molecular complexity index is 534. The number of hydrogen-bond donors (Lipinski definition) is 0. The average Bonchev–Trinajstić information content (AvgIpc) is 2.78. The first-order chi connectivity index (χ1) is 8.77. The molecule has 0 amide bonds. The molecule has 19 heavy (non-hydrogen) atoms. The molecular weight excluding hydrogens is 301 g/mol. The Morgan fingerprint density at radius 3 is 2.05 bits per heavy atom. The molecule has 108 valence electrons. The van der Waals surface area contributed by atoms with E-state index in [1.54, 1.807) is 30.3 Å². The van der Waals surface area contributed by atoms with Crippen LogP contribution in [0.1, 0.15) is 12.8 Å². The van der Waals surface area contributed by atoms with Crippen molar-refractivity contribution in [3.05, 3.63) is 30.3 Å². The zero-order valence-electron chi connectivity index (χ0n) is 9.89. The van der Waals surface area contributed by atoms with E-state index >= 15 is 0 Å². The predicted molar refractivity (Wildman–Crippen MR) is 67.3 cm³/mol. The van der Waals surface area contributed by atoms with Gasteiger partial charge in [-0.1, -0.05) is 28.5 Å². The molecule has 1 aliphatic rings. The molecule has 0 unspecified atom stereocenters. The highest BCUT2D eigenvalue weighted by atomic mass is 32.3. The van der Waals surface area contributed by atoms with Crippen LogP contribution in [0.4, 0.5) is 13.2 Å². The molecule has 2 rings (SSSR count). The minimum Gasteiger partial charge on any atom is -0.209 e. The Morgan fingerprint density at radius 1 is 1.05 bits per heavy atom. The van der Waals surface area contributed by atoms with Crippen molar-refractivity contribution in [3.63, 3.8) is 0 Å². The highest BCUT2D eigenvalue weighted by Crippen LogP contribution is 2.63. The fraction of sp³-hybridized carbons (Fsp3) is 0.455. The topological polar surface area (TPSA) is 43.4 Å². The monoisotopic (exact) mass is 314 g/mol. The van der Waals surface area contributed by atoms with Crippen LogP contribution < -0.4 is 0 Å². The SMILES string of the molecule is O=S(=O)(OS1(c2ccccc2)CCCC1)C(F)(F)F. The molecule has 0 spiro atoms. The van der Waals surface area contributed by atoms with Crippen molar-refractivity contribution in [1.29, 1.82) is 0 Å². The second-order valence-corrected chi connectivity index (χ2v) is 9.04. The van der Waals surface area contributed by atoms with Gasteiger partial charge in [0.25, 0.3) is 0 Å². The van der Waals surface area contributed by atoms with E-state index in [9.17, 15) is 21.6 Å². The highest BCUT2D eigenvalue weighted by molar-refractivity contribution is 8.33. The van der Waals surface area contributed by atoms with E-state index in [1.807, 2.05) is 0 Å². The van der Waals surface area contributed by atoms with Gasteiger partial charge in [0.05, 0.1) is 0 Å². The van der Waals surface area contributed by atoms with Crippen molar-refractivity contribution in [2.45, 2.75) is 23.2 Å². The molecule has 0 aliphatic carbocycles. The number of hydrogen-bond acceptors (Lipinski definition) is 3. The summed E-state index contributed by atoms with van der Waals surface area (Å²) in [6, 6.07) is 8.33. The Balaban J connectivity index is 2.38. The molecule has 0 N–H and O–H groups in total. The average molecular weight is 314 g/mol. The molecule has 0 aromatic heterocycles. The van der Waals surface area contributed by atoms with Gasteiger partial charge in [-0.05, 0) is 25.0 Å². The van der Waals surface area contributed by atoms with E-state index < -0.39 is 25.9 Å². The summed E-state index contributed by atoms with van der Waals surface area (Å²) in [5, 5.41) is 0. The third-order valence-electron chi connectivity index (χ3n) is 2.87. The van der Waals surface area contributed by atoms with Gasteiger partial charge in [-0.3, -0.25) is 0 Å². The Morgan fingerprint density at radius 2 is 1.58 bits per heavy atom. The Labute approximate surface area is 111 Å². The zero-order valence-corrected chi connectivity index (χ0v) is 11.5. The van der Waals surface area contributed by atoms with E-state index in [4.69, 9.17) is 0 Å². The van der Waals surface area contributed by atoms with Crippen LogP contribution in [0.15, 0.2) is 35.2 Å². The molecular formula is C11H13F3O3S2. The van der Waals surface area contributed by atoms with Gasteiger partial charge < -0.3 is 0 Å². The fourth-order valence-corrected chi connectivity index (χ4v) is 7.20. The molecule has 0 radical (unpaired) electrons. The summed E-state index contributed by atoms with van der Waals surface area (Å²) in [5.41, 5.74) is -5.37. The first-order valence-electron chi connectivity index (χ1n) is 5.63. The summed E-state index contributed by atoms with van der Waals surface area (Å²) < 4.78 is 64.6.